The highest BCUT2D eigenvalue weighted by atomic mass is 35.5. The van der Waals surface area contributed by atoms with E-state index in [1.807, 2.05) is 0 Å². The van der Waals surface area contributed by atoms with E-state index in [2.05, 4.69) is 15.0 Å². The Balaban J connectivity index is 1.47. The number of furan rings is 1. The van der Waals surface area contributed by atoms with Gasteiger partial charge >= 0.3 is 5.97 Å². The number of amides is 1. The highest BCUT2D eigenvalue weighted by molar-refractivity contribution is 8.18. The number of rotatable bonds is 7. The summed E-state index contributed by atoms with van der Waals surface area (Å²) in [6.45, 7) is 0.0813. The zero-order valence-corrected chi connectivity index (χ0v) is 20.8. The third kappa shape index (κ3) is 5.82. The van der Waals surface area contributed by atoms with Crippen LogP contribution in [0.25, 0.3) is 6.08 Å². The topological polar surface area (TPSA) is 99.4 Å². The van der Waals surface area contributed by atoms with Gasteiger partial charge in [0.05, 0.1) is 34.9 Å². The molecule has 0 unspecified atom stereocenters. The number of nitrogens with one attached hydrogen (secondary N) is 1. The summed E-state index contributed by atoms with van der Waals surface area (Å²) in [5.74, 6) is 0.612. The van der Waals surface area contributed by atoms with Gasteiger partial charge in [-0.1, -0.05) is 35.3 Å². The zero-order valence-electron chi connectivity index (χ0n) is 18.5. The number of esters is 1. The molecule has 35 heavy (non-hydrogen) atoms. The Kier molecular flexibility index (Phi) is 7.70. The van der Waals surface area contributed by atoms with Gasteiger partial charge in [0.1, 0.15) is 12.4 Å². The Morgan fingerprint density at radius 1 is 1.14 bits per heavy atom. The summed E-state index contributed by atoms with van der Waals surface area (Å²) < 4.78 is 21.2. The van der Waals surface area contributed by atoms with Crippen LogP contribution in [0.15, 0.2) is 62.8 Å². The van der Waals surface area contributed by atoms with Crippen LogP contribution in [0, 0.1) is 0 Å². The molecule has 180 valence electrons. The molecule has 2 aromatic carbocycles. The molecular weight excluding hydrogens is 515 g/mol. The van der Waals surface area contributed by atoms with Crippen molar-refractivity contribution in [3.05, 3.63) is 80.6 Å². The van der Waals surface area contributed by atoms with Crippen molar-refractivity contribution in [1.82, 2.24) is 5.32 Å². The van der Waals surface area contributed by atoms with Gasteiger partial charge in [-0.2, -0.15) is 0 Å². The summed E-state index contributed by atoms with van der Waals surface area (Å²) in [6.07, 6.45) is 1.71. The van der Waals surface area contributed by atoms with E-state index in [9.17, 15) is 9.59 Å². The van der Waals surface area contributed by atoms with Crippen LogP contribution in [0.3, 0.4) is 0 Å². The fourth-order valence-electron chi connectivity index (χ4n) is 3.03. The van der Waals surface area contributed by atoms with Gasteiger partial charge < -0.3 is 23.9 Å². The monoisotopic (exact) mass is 532 g/mol. The van der Waals surface area contributed by atoms with E-state index in [1.165, 1.54) is 32.0 Å². The molecule has 0 spiro atoms. The molecule has 0 bridgehead atoms. The minimum Gasteiger partial charge on any atom is -0.493 e. The van der Waals surface area contributed by atoms with Gasteiger partial charge in [0.2, 0.25) is 5.76 Å². The number of ether oxygens (including phenoxy) is 3. The average molecular weight is 533 g/mol. The maximum atomic E-state index is 12.4. The van der Waals surface area contributed by atoms with Crippen LogP contribution in [-0.2, 0) is 16.1 Å². The van der Waals surface area contributed by atoms with E-state index < -0.39 is 5.97 Å². The number of hydrogen-bond acceptors (Lipinski definition) is 8. The van der Waals surface area contributed by atoms with Crippen molar-refractivity contribution < 1.29 is 28.2 Å². The second kappa shape index (κ2) is 10.9. The molecule has 2 heterocycles. The lowest BCUT2D eigenvalue weighted by molar-refractivity contribution is -0.115. The molecule has 0 saturated carbocycles. The fourth-order valence-corrected chi connectivity index (χ4v) is 4.20. The second-order valence-electron chi connectivity index (χ2n) is 7.01. The number of nitrogens with zero attached hydrogens (tertiary/aromatic N) is 1. The molecule has 4 rings (SSSR count). The molecule has 1 aromatic heterocycles. The Hall–Kier alpha value is -3.40. The van der Waals surface area contributed by atoms with Crippen molar-refractivity contribution in [3.8, 4) is 11.5 Å². The van der Waals surface area contributed by atoms with Gasteiger partial charge in [-0.05, 0) is 59.8 Å². The SMILES string of the molecule is COC(=O)c1ccc(COc2ccc(C=C3SC(=Nc4cccc(Cl)c4Cl)NC3=O)cc2OC)o1. The van der Waals surface area contributed by atoms with Crippen LogP contribution in [0.5, 0.6) is 11.5 Å². The van der Waals surface area contributed by atoms with Crippen molar-refractivity contribution >= 4 is 63.8 Å². The molecule has 8 nitrogen and oxygen atoms in total. The van der Waals surface area contributed by atoms with Crippen LogP contribution in [0.2, 0.25) is 10.0 Å². The fraction of sp³-hybridized carbons (Fsp3) is 0.125. The molecule has 1 fully saturated rings. The second-order valence-corrected chi connectivity index (χ2v) is 8.83. The minimum atomic E-state index is -0.566. The number of carbonyl (C=O) groups is 2. The standard InChI is InChI=1S/C24H18Cl2N2O6S/c1-31-19-10-13(6-8-17(19)33-12-14-7-9-18(34-14)23(30)32-2)11-20-22(29)28-24(35-20)27-16-5-3-4-15(25)21(16)26/h3-11H,12H2,1-2H3,(H,27,28,29). The Labute approximate surface area is 214 Å². The number of thioether (sulfide) groups is 1. The summed E-state index contributed by atoms with van der Waals surface area (Å²) in [5.41, 5.74) is 1.18. The maximum Gasteiger partial charge on any atom is 0.373 e. The van der Waals surface area contributed by atoms with Crippen LogP contribution >= 0.6 is 35.0 Å². The van der Waals surface area contributed by atoms with E-state index in [4.69, 9.17) is 37.1 Å². The molecule has 0 radical (unpaired) electrons. The molecular formula is C24H18Cl2N2O6S. The van der Waals surface area contributed by atoms with Crippen LogP contribution in [-0.4, -0.2) is 31.3 Å². The van der Waals surface area contributed by atoms with E-state index in [0.29, 0.717) is 43.1 Å². The first-order valence-corrected chi connectivity index (χ1v) is 11.7. The molecule has 0 aliphatic carbocycles. The predicted molar refractivity (Wildman–Crippen MR) is 135 cm³/mol. The first-order chi connectivity index (χ1) is 16.9. The third-order valence-corrected chi connectivity index (χ3v) is 6.43. The largest absolute Gasteiger partial charge is 0.493 e. The first kappa shape index (κ1) is 24.7. The highest BCUT2D eigenvalue weighted by Crippen LogP contribution is 2.35. The highest BCUT2D eigenvalue weighted by Gasteiger charge is 2.24. The van der Waals surface area contributed by atoms with Gasteiger partial charge in [0.25, 0.3) is 5.91 Å². The quantitative estimate of drug-likeness (QED) is 0.300. The Morgan fingerprint density at radius 2 is 1.97 bits per heavy atom. The van der Waals surface area contributed by atoms with Gasteiger partial charge in [-0.25, -0.2) is 9.79 Å². The average Bonchev–Trinajstić information content (AvgIpc) is 3.47. The van der Waals surface area contributed by atoms with Gasteiger partial charge in [0.15, 0.2) is 16.7 Å². The molecule has 3 aromatic rings. The predicted octanol–water partition coefficient (Wildman–Crippen LogP) is 5.85. The number of amidine groups is 1. The van der Waals surface area contributed by atoms with Crippen molar-refractivity contribution in [2.24, 2.45) is 4.99 Å². The number of benzene rings is 2. The van der Waals surface area contributed by atoms with E-state index in [0.717, 1.165) is 5.56 Å². The van der Waals surface area contributed by atoms with E-state index >= 15 is 0 Å². The molecule has 1 amide bonds. The molecule has 0 atom stereocenters. The molecule has 1 saturated heterocycles. The molecule has 1 aliphatic rings. The smallest absolute Gasteiger partial charge is 0.373 e. The molecule has 11 heteroatoms. The summed E-state index contributed by atoms with van der Waals surface area (Å²) in [4.78, 5) is 28.8. The third-order valence-electron chi connectivity index (χ3n) is 4.71. The lowest BCUT2D eigenvalue weighted by Gasteiger charge is -2.10. The van der Waals surface area contributed by atoms with Crippen molar-refractivity contribution in [3.63, 3.8) is 0 Å². The zero-order chi connectivity index (χ0) is 24.9. The van der Waals surface area contributed by atoms with Gasteiger partial charge in [0, 0.05) is 0 Å². The lowest BCUT2D eigenvalue weighted by Crippen LogP contribution is -2.19. The van der Waals surface area contributed by atoms with Crippen LogP contribution in [0.4, 0.5) is 5.69 Å². The van der Waals surface area contributed by atoms with Crippen LogP contribution < -0.4 is 14.8 Å². The number of methoxy groups -OCH3 is 2. The normalized spacial score (nSPS) is 15.4. The van der Waals surface area contributed by atoms with Crippen molar-refractivity contribution in [2.45, 2.75) is 6.61 Å². The summed E-state index contributed by atoms with van der Waals surface area (Å²) in [6, 6.07) is 13.5. The first-order valence-electron chi connectivity index (χ1n) is 10.1. The summed E-state index contributed by atoms with van der Waals surface area (Å²) >= 11 is 13.4. The Bertz CT molecular complexity index is 1350. The number of halogens is 2. The maximum absolute atomic E-state index is 12.4. The molecule has 1 aliphatic heterocycles. The van der Waals surface area contributed by atoms with E-state index in [1.54, 1.807) is 48.5 Å². The number of carbonyl (C=O) groups excluding carboxylic acids is 2. The van der Waals surface area contributed by atoms with Crippen molar-refractivity contribution in [1.29, 1.82) is 0 Å². The lowest BCUT2D eigenvalue weighted by atomic mass is 10.2. The molecule has 1 N–H and O–H groups in total. The summed E-state index contributed by atoms with van der Waals surface area (Å²) in [7, 11) is 2.79. The number of hydrogen-bond donors (Lipinski definition) is 1. The van der Waals surface area contributed by atoms with Gasteiger partial charge in [-0.3, -0.25) is 4.79 Å². The Morgan fingerprint density at radius 3 is 2.74 bits per heavy atom. The van der Waals surface area contributed by atoms with E-state index in [-0.39, 0.29) is 18.3 Å². The van der Waals surface area contributed by atoms with Crippen molar-refractivity contribution in [2.75, 3.05) is 14.2 Å². The van der Waals surface area contributed by atoms with Gasteiger partial charge in [-0.15, -0.1) is 0 Å². The van der Waals surface area contributed by atoms with Crippen LogP contribution in [0.1, 0.15) is 21.9 Å². The minimum absolute atomic E-state index is 0.0813. The summed E-state index contributed by atoms with van der Waals surface area (Å²) in [5, 5.41) is 3.80. The number of aliphatic imine (C=N–C) groups is 1.